The summed E-state index contributed by atoms with van der Waals surface area (Å²) in [5, 5.41) is 3.57. The summed E-state index contributed by atoms with van der Waals surface area (Å²) in [5.74, 6) is 0. The van der Waals surface area contributed by atoms with E-state index in [1.807, 2.05) is 0 Å². The molecule has 1 nitrogen and oxygen atoms in total. The van der Waals surface area contributed by atoms with Crippen molar-refractivity contribution >= 4 is 38.5 Å². The third-order valence-corrected chi connectivity index (χ3v) is 4.53. The number of hydrogen-bond donors (Lipinski definition) is 1. The minimum Gasteiger partial charge on any atom is -0.310 e. The molecule has 0 radical (unpaired) electrons. The first-order chi connectivity index (χ1) is 9.20. The summed E-state index contributed by atoms with van der Waals surface area (Å²) in [6, 6.07) is 17.5. The van der Waals surface area contributed by atoms with Crippen LogP contribution in [0.3, 0.4) is 0 Å². The molecule has 1 unspecified atom stereocenters. The summed E-state index contributed by atoms with van der Waals surface area (Å²) >= 11 is 5.99. The van der Waals surface area contributed by atoms with Gasteiger partial charge in [0.15, 0.2) is 0 Å². The second kappa shape index (κ2) is 7.41. The molecule has 0 aliphatic carbocycles. The van der Waals surface area contributed by atoms with Gasteiger partial charge in [0.25, 0.3) is 0 Å². The second-order valence-electron chi connectivity index (χ2n) is 4.46. The molecule has 2 aromatic carbocycles. The van der Waals surface area contributed by atoms with E-state index in [2.05, 4.69) is 99.3 Å². The van der Waals surface area contributed by atoms with Gasteiger partial charge in [-0.3, -0.25) is 0 Å². The molecule has 0 saturated carbocycles. The SMILES string of the molecule is CCNC(Cc1ccc(I)cc1)c1ccccc1Br. The van der Waals surface area contributed by atoms with E-state index in [0.29, 0.717) is 6.04 Å². The molecule has 0 aliphatic rings. The van der Waals surface area contributed by atoms with Gasteiger partial charge in [0.1, 0.15) is 0 Å². The molecule has 19 heavy (non-hydrogen) atoms. The highest BCUT2D eigenvalue weighted by atomic mass is 127. The van der Waals surface area contributed by atoms with Crippen LogP contribution in [-0.2, 0) is 6.42 Å². The van der Waals surface area contributed by atoms with Crippen LogP contribution >= 0.6 is 38.5 Å². The fraction of sp³-hybridized carbons (Fsp3) is 0.250. The van der Waals surface area contributed by atoms with E-state index < -0.39 is 0 Å². The van der Waals surface area contributed by atoms with Gasteiger partial charge in [-0.1, -0.05) is 53.2 Å². The Kier molecular flexibility index (Phi) is 5.85. The molecule has 0 fully saturated rings. The van der Waals surface area contributed by atoms with Crippen LogP contribution in [0, 0.1) is 3.57 Å². The molecule has 0 bridgehead atoms. The Morgan fingerprint density at radius 1 is 1.11 bits per heavy atom. The van der Waals surface area contributed by atoms with Gasteiger partial charge in [-0.2, -0.15) is 0 Å². The van der Waals surface area contributed by atoms with Crippen LogP contribution in [-0.4, -0.2) is 6.54 Å². The molecule has 0 saturated heterocycles. The maximum atomic E-state index is 3.65. The summed E-state index contributed by atoms with van der Waals surface area (Å²) in [7, 11) is 0. The van der Waals surface area contributed by atoms with Crippen LogP contribution < -0.4 is 5.32 Å². The topological polar surface area (TPSA) is 12.0 Å². The molecule has 0 aromatic heterocycles. The maximum absolute atomic E-state index is 3.65. The van der Waals surface area contributed by atoms with Crippen molar-refractivity contribution in [3.63, 3.8) is 0 Å². The average molecular weight is 430 g/mol. The Hall–Kier alpha value is -0.390. The quantitative estimate of drug-likeness (QED) is 0.663. The minimum absolute atomic E-state index is 0.348. The third-order valence-electron chi connectivity index (χ3n) is 3.08. The summed E-state index contributed by atoms with van der Waals surface area (Å²) in [6.07, 6.45) is 1.01. The molecule has 0 spiro atoms. The molecule has 0 heterocycles. The molecule has 100 valence electrons. The minimum atomic E-state index is 0.348. The number of halogens is 2. The summed E-state index contributed by atoms with van der Waals surface area (Å²) in [4.78, 5) is 0. The number of hydrogen-bond acceptors (Lipinski definition) is 1. The van der Waals surface area contributed by atoms with Crippen LogP contribution in [0.2, 0.25) is 0 Å². The van der Waals surface area contributed by atoms with E-state index in [0.717, 1.165) is 13.0 Å². The van der Waals surface area contributed by atoms with E-state index in [9.17, 15) is 0 Å². The standard InChI is InChI=1S/C16H17BrIN/c1-2-19-16(14-5-3-4-6-15(14)17)11-12-7-9-13(18)10-8-12/h3-10,16,19H,2,11H2,1H3. The molecule has 2 aromatic rings. The number of benzene rings is 2. The van der Waals surface area contributed by atoms with Crippen molar-refractivity contribution in [2.75, 3.05) is 6.54 Å². The van der Waals surface area contributed by atoms with E-state index >= 15 is 0 Å². The Balaban J connectivity index is 2.21. The lowest BCUT2D eigenvalue weighted by Crippen LogP contribution is -2.23. The lowest BCUT2D eigenvalue weighted by atomic mass is 9.99. The van der Waals surface area contributed by atoms with Gasteiger partial charge >= 0.3 is 0 Å². The Bertz CT molecular complexity index is 525. The van der Waals surface area contributed by atoms with Crippen molar-refractivity contribution < 1.29 is 0 Å². The fourth-order valence-electron chi connectivity index (χ4n) is 2.15. The molecule has 2 rings (SSSR count). The highest BCUT2D eigenvalue weighted by Crippen LogP contribution is 2.26. The van der Waals surface area contributed by atoms with Crippen molar-refractivity contribution in [2.24, 2.45) is 0 Å². The monoisotopic (exact) mass is 429 g/mol. The zero-order valence-corrected chi connectivity index (χ0v) is 14.6. The van der Waals surface area contributed by atoms with E-state index in [1.165, 1.54) is 19.2 Å². The molecule has 3 heteroatoms. The van der Waals surface area contributed by atoms with Gasteiger partial charge in [0.2, 0.25) is 0 Å². The first-order valence-electron chi connectivity index (χ1n) is 6.43. The Labute approximate surface area is 137 Å². The summed E-state index contributed by atoms with van der Waals surface area (Å²) in [6.45, 7) is 3.12. The summed E-state index contributed by atoms with van der Waals surface area (Å²) < 4.78 is 2.45. The third kappa shape index (κ3) is 4.29. The number of nitrogens with one attached hydrogen (secondary N) is 1. The Morgan fingerprint density at radius 3 is 2.42 bits per heavy atom. The molecule has 0 aliphatic heterocycles. The van der Waals surface area contributed by atoms with Crippen molar-refractivity contribution in [3.05, 3.63) is 67.7 Å². The lowest BCUT2D eigenvalue weighted by molar-refractivity contribution is 0.548. The van der Waals surface area contributed by atoms with Gasteiger partial charge in [0, 0.05) is 14.1 Å². The summed E-state index contributed by atoms with van der Waals surface area (Å²) in [5.41, 5.74) is 2.69. The van der Waals surface area contributed by atoms with Gasteiger partial charge < -0.3 is 5.32 Å². The zero-order valence-electron chi connectivity index (χ0n) is 10.9. The van der Waals surface area contributed by atoms with Gasteiger partial charge in [-0.05, 0) is 64.9 Å². The van der Waals surface area contributed by atoms with Crippen molar-refractivity contribution in [3.8, 4) is 0 Å². The van der Waals surface area contributed by atoms with Crippen molar-refractivity contribution in [1.29, 1.82) is 0 Å². The first kappa shape index (κ1) is 15.0. The number of rotatable bonds is 5. The van der Waals surface area contributed by atoms with E-state index in [1.54, 1.807) is 0 Å². The lowest BCUT2D eigenvalue weighted by Gasteiger charge is -2.20. The highest BCUT2D eigenvalue weighted by Gasteiger charge is 2.13. The largest absolute Gasteiger partial charge is 0.310 e. The molecule has 1 atom stereocenters. The highest BCUT2D eigenvalue weighted by molar-refractivity contribution is 14.1. The fourth-order valence-corrected chi connectivity index (χ4v) is 3.07. The molecular weight excluding hydrogens is 413 g/mol. The first-order valence-corrected chi connectivity index (χ1v) is 8.30. The van der Waals surface area contributed by atoms with Gasteiger partial charge in [0.05, 0.1) is 0 Å². The predicted octanol–water partition coefficient (Wildman–Crippen LogP) is 4.95. The average Bonchev–Trinajstić information content (AvgIpc) is 2.41. The van der Waals surface area contributed by atoms with Crippen LogP contribution in [0.25, 0.3) is 0 Å². The van der Waals surface area contributed by atoms with Crippen LogP contribution in [0.4, 0.5) is 0 Å². The molecular formula is C16H17BrIN. The van der Waals surface area contributed by atoms with Crippen LogP contribution in [0.15, 0.2) is 53.0 Å². The molecule has 0 amide bonds. The predicted molar refractivity (Wildman–Crippen MR) is 93.4 cm³/mol. The smallest absolute Gasteiger partial charge is 0.0372 e. The Morgan fingerprint density at radius 2 is 1.79 bits per heavy atom. The van der Waals surface area contributed by atoms with E-state index in [4.69, 9.17) is 0 Å². The molecule has 1 N–H and O–H groups in total. The van der Waals surface area contributed by atoms with E-state index in [-0.39, 0.29) is 0 Å². The normalized spacial score (nSPS) is 12.4. The van der Waals surface area contributed by atoms with Gasteiger partial charge in [-0.15, -0.1) is 0 Å². The zero-order chi connectivity index (χ0) is 13.7. The number of likely N-dealkylation sites (N-methyl/N-ethyl adjacent to an activating group) is 1. The maximum Gasteiger partial charge on any atom is 0.0372 e. The van der Waals surface area contributed by atoms with Crippen LogP contribution in [0.5, 0.6) is 0 Å². The van der Waals surface area contributed by atoms with Crippen LogP contribution in [0.1, 0.15) is 24.1 Å². The van der Waals surface area contributed by atoms with Gasteiger partial charge in [-0.25, -0.2) is 0 Å². The second-order valence-corrected chi connectivity index (χ2v) is 6.56. The van der Waals surface area contributed by atoms with Crippen molar-refractivity contribution in [2.45, 2.75) is 19.4 Å². The van der Waals surface area contributed by atoms with Crippen molar-refractivity contribution in [1.82, 2.24) is 5.32 Å².